The van der Waals surface area contributed by atoms with Gasteiger partial charge in [-0.05, 0) is 30.7 Å². The molecular weight excluding hydrogens is 426 g/mol. The van der Waals surface area contributed by atoms with Gasteiger partial charge in [0.25, 0.3) is 5.56 Å². The molecule has 34 heavy (non-hydrogen) atoms. The third kappa shape index (κ3) is 4.11. The van der Waals surface area contributed by atoms with Gasteiger partial charge in [0, 0.05) is 24.2 Å². The van der Waals surface area contributed by atoms with Gasteiger partial charge in [-0.25, -0.2) is 9.67 Å². The molecule has 0 fully saturated rings. The second kappa shape index (κ2) is 9.15. The summed E-state index contributed by atoms with van der Waals surface area (Å²) in [7, 11) is 0. The van der Waals surface area contributed by atoms with Crippen molar-refractivity contribution in [2.45, 2.75) is 19.9 Å². The monoisotopic (exact) mass is 449 g/mol. The lowest BCUT2D eigenvalue weighted by Gasteiger charge is -2.13. The number of hydrogen-bond acceptors (Lipinski definition) is 4. The molecule has 0 aliphatic rings. The van der Waals surface area contributed by atoms with E-state index in [1.54, 1.807) is 11.6 Å². The highest BCUT2D eigenvalue weighted by Crippen LogP contribution is 2.27. The number of amides is 1. The minimum Gasteiger partial charge on any atom is -0.325 e. The first kappa shape index (κ1) is 21.3. The van der Waals surface area contributed by atoms with Crippen molar-refractivity contribution >= 4 is 22.6 Å². The molecule has 5 aromatic rings. The van der Waals surface area contributed by atoms with E-state index in [1.165, 1.54) is 10.8 Å². The lowest BCUT2D eigenvalue weighted by Crippen LogP contribution is -2.26. The first-order chi connectivity index (χ1) is 16.6. The van der Waals surface area contributed by atoms with Crippen LogP contribution in [-0.4, -0.2) is 25.2 Å². The maximum absolute atomic E-state index is 13.1. The van der Waals surface area contributed by atoms with Crippen LogP contribution in [0.25, 0.3) is 27.8 Å². The van der Waals surface area contributed by atoms with E-state index in [0.29, 0.717) is 16.9 Å². The normalized spacial score (nSPS) is 11.0. The van der Waals surface area contributed by atoms with Gasteiger partial charge < -0.3 is 5.32 Å². The highest BCUT2D eigenvalue weighted by molar-refractivity contribution is 5.95. The second-order valence-electron chi connectivity index (χ2n) is 7.95. The Kier molecular flexibility index (Phi) is 5.74. The van der Waals surface area contributed by atoms with E-state index in [0.717, 1.165) is 22.5 Å². The summed E-state index contributed by atoms with van der Waals surface area (Å²) in [6, 6.07) is 27.1. The quantitative estimate of drug-likeness (QED) is 0.411. The lowest BCUT2D eigenvalue weighted by atomic mass is 10.0. The minimum absolute atomic E-state index is 0.143. The van der Waals surface area contributed by atoms with Gasteiger partial charge in [0.2, 0.25) is 5.91 Å². The summed E-state index contributed by atoms with van der Waals surface area (Å²) in [4.78, 5) is 30.5. The average Bonchev–Trinajstić information content (AvgIpc) is 3.29. The molecule has 7 heteroatoms. The van der Waals surface area contributed by atoms with Crippen LogP contribution in [0.2, 0.25) is 0 Å². The fourth-order valence-electron chi connectivity index (χ4n) is 4.02. The number of nitrogens with one attached hydrogen (secondary N) is 1. The maximum atomic E-state index is 13.1. The number of rotatable bonds is 6. The van der Waals surface area contributed by atoms with E-state index in [2.05, 4.69) is 15.4 Å². The number of nitrogens with zero attached hydrogens (tertiary/aromatic N) is 4. The van der Waals surface area contributed by atoms with Crippen LogP contribution < -0.4 is 10.9 Å². The molecule has 5 rings (SSSR count). The van der Waals surface area contributed by atoms with E-state index in [9.17, 15) is 9.59 Å². The molecule has 7 nitrogen and oxygen atoms in total. The Labute approximate surface area is 196 Å². The summed E-state index contributed by atoms with van der Waals surface area (Å²) in [5, 5.41) is 7.77. The fourth-order valence-corrected chi connectivity index (χ4v) is 4.02. The number of aryl methyl sites for hydroxylation is 1. The molecule has 0 aliphatic carbocycles. The van der Waals surface area contributed by atoms with Crippen molar-refractivity contribution in [3.05, 3.63) is 107 Å². The van der Waals surface area contributed by atoms with Gasteiger partial charge in [-0.3, -0.25) is 14.2 Å². The molecule has 0 atom stereocenters. The Morgan fingerprint density at radius 3 is 2.35 bits per heavy atom. The van der Waals surface area contributed by atoms with Crippen molar-refractivity contribution in [1.29, 1.82) is 0 Å². The van der Waals surface area contributed by atoms with Crippen LogP contribution in [0.15, 0.2) is 95.9 Å². The number of para-hydroxylation sites is 2. The van der Waals surface area contributed by atoms with Crippen LogP contribution in [-0.2, 0) is 11.3 Å². The van der Waals surface area contributed by atoms with E-state index in [4.69, 9.17) is 0 Å². The predicted octanol–water partition coefficient (Wildman–Crippen LogP) is 4.59. The number of aromatic nitrogens is 4. The molecule has 1 amide bonds. The number of carbonyl (C=O) groups is 1. The van der Waals surface area contributed by atoms with Gasteiger partial charge in [-0.2, -0.15) is 5.10 Å². The fraction of sp³-hybridized carbons (Fsp3) is 0.111. The minimum atomic E-state index is -0.206. The van der Waals surface area contributed by atoms with Gasteiger partial charge in [0.05, 0.1) is 11.9 Å². The molecule has 2 heterocycles. The molecule has 2 aromatic heterocycles. The molecule has 0 saturated carbocycles. The molecule has 0 unspecified atom stereocenters. The van der Waals surface area contributed by atoms with Crippen LogP contribution in [0.3, 0.4) is 0 Å². The lowest BCUT2D eigenvalue weighted by molar-refractivity contribution is -0.116. The number of hydrogen-bond donors (Lipinski definition) is 1. The van der Waals surface area contributed by atoms with Crippen molar-refractivity contribution in [2.24, 2.45) is 0 Å². The Balaban J connectivity index is 1.36. The van der Waals surface area contributed by atoms with Crippen LogP contribution >= 0.6 is 0 Å². The Morgan fingerprint density at radius 1 is 0.912 bits per heavy atom. The molecule has 3 aromatic carbocycles. The molecule has 1 N–H and O–H groups in total. The maximum Gasteiger partial charge on any atom is 0.264 e. The molecule has 168 valence electrons. The van der Waals surface area contributed by atoms with Crippen LogP contribution in [0.4, 0.5) is 5.69 Å². The molecule has 0 aliphatic heterocycles. The standard InChI is InChI=1S/C27H23N5O2/c1-19-29-26-23(18-28-32(26)21-12-6-3-7-13-21)27(34)31(19)17-16-25(33)30-24-15-9-8-14-22(24)20-10-4-2-5-11-20/h2-15,18H,16-17H2,1H3,(H,30,33). The van der Waals surface area contributed by atoms with Crippen molar-refractivity contribution in [3.8, 4) is 16.8 Å². The summed E-state index contributed by atoms with van der Waals surface area (Å²) in [6.45, 7) is 2.00. The number of benzene rings is 3. The van der Waals surface area contributed by atoms with Crippen LogP contribution in [0.5, 0.6) is 0 Å². The van der Waals surface area contributed by atoms with Gasteiger partial charge in [-0.1, -0.05) is 66.7 Å². The average molecular weight is 450 g/mol. The zero-order chi connectivity index (χ0) is 23.5. The molecule has 0 radical (unpaired) electrons. The Bertz CT molecular complexity index is 1520. The van der Waals surface area contributed by atoms with Gasteiger partial charge in [0.15, 0.2) is 5.65 Å². The third-order valence-electron chi connectivity index (χ3n) is 5.73. The van der Waals surface area contributed by atoms with Crippen LogP contribution in [0.1, 0.15) is 12.2 Å². The molecule has 0 saturated heterocycles. The van der Waals surface area contributed by atoms with Gasteiger partial charge >= 0.3 is 0 Å². The molecular formula is C27H23N5O2. The number of fused-ring (bicyclic) bond motifs is 1. The largest absolute Gasteiger partial charge is 0.325 e. The predicted molar refractivity (Wildman–Crippen MR) is 133 cm³/mol. The van der Waals surface area contributed by atoms with E-state index >= 15 is 0 Å². The Morgan fingerprint density at radius 2 is 1.59 bits per heavy atom. The first-order valence-electron chi connectivity index (χ1n) is 11.1. The van der Waals surface area contributed by atoms with Crippen molar-refractivity contribution in [1.82, 2.24) is 19.3 Å². The van der Waals surface area contributed by atoms with Crippen molar-refractivity contribution < 1.29 is 4.79 Å². The number of anilines is 1. The highest BCUT2D eigenvalue weighted by atomic mass is 16.2. The second-order valence-corrected chi connectivity index (χ2v) is 7.95. The van der Waals surface area contributed by atoms with E-state index < -0.39 is 0 Å². The van der Waals surface area contributed by atoms with Crippen LogP contribution in [0, 0.1) is 6.92 Å². The summed E-state index contributed by atoms with van der Waals surface area (Å²) in [6.07, 6.45) is 1.67. The summed E-state index contributed by atoms with van der Waals surface area (Å²) < 4.78 is 3.18. The van der Waals surface area contributed by atoms with E-state index in [1.807, 2.05) is 84.9 Å². The summed E-state index contributed by atoms with van der Waals surface area (Å²) >= 11 is 0. The summed E-state index contributed by atoms with van der Waals surface area (Å²) in [5.74, 6) is 0.363. The van der Waals surface area contributed by atoms with Gasteiger partial charge in [0.1, 0.15) is 11.2 Å². The highest BCUT2D eigenvalue weighted by Gasteiger charge is 2.15. The van der Waals surface area contributed by atoms with Gasteiger partial charge in [-0.15, -0.1) is 0 Å². The SMILES string of the molecule is Cc1nc2c(cnn2-c2ccccc2)c(=O)n1CCC(=O)Nc1ccccc1-c1ccccc1. The molecule has 0 bridgehead atoms. The summed E-state index contributed by atoms with van der Waals surface area (Å²) in [5.41, 5.74) is 3.84. The number of carbonyl (C=O) groups excluding carboxylic acids is 1. The zero-order valence-electron chi connectivity index (χ0n) is 18.7. The Hall–Kier alpha value is -4.52. The topological polar surface area (TPSA) is 81.8 Å². The first-order valence-corrected chi connectivity index (χ1v) is 11.1. The third-order valence-corrected chi connectivity index (χ3v) is 5.73. The van der Waals surface area contributed by atoms with E-state index in [-0.39, 0.29) is 24.4 Å². The zero-order valence-corrected chi connectivity index (χ0v) is 18.7. The van der Waals surface area contributed by atoms with Crippen molar-refractivity contribution in [2.75, 3.05) is 5.32 Å². The molecule has 0 spiro atoms. The van der Waals surface area contributed by atoms with Crippen molar-refractivity contribution in [3.63, 3.8) is 0 Å². The smallest absolute Gasteiger partial charge is 0.264 e.